The molecule has 1 aliphatic heterocycles. The molecule has 0 unspecified atom stereocenters. The van der Waals surface area contributed by atoms with Crippen molar-refractivity contribution in [1.29, 1.82) is 0 Å². The van der Waals surface area contributed by atoms with Gasteiger partial charge in [0.15, 0.2) is 5.82 Å². The molecular weight excluding hydrogens is 534 g/mol. The summed E-state index contributed by atoms with van der Waals surface area (Å²) in [6, 6.07) is 48.4. The number of nitrogens with zero attached hydrogens (tertiary/aromatic N) is 3. The van der Waals surface area contributed by atoms with Crippen LogP contribution in [0.1, 0.15) is 5.56 Å². The van der Waals surface area contributed by atoms with Gasteiger partial charge in [-0.15, -0.1) is 0 Å². The van der Waals surface area contributed by atoms with Crippen LogP contribution in [0, 0.1) is 0 Å². The maximum Gasteiger partial charge on any atom is 0.160 e. The number of aromatic nitrogens is 2. The Morgan fingerprint density at radius 3 is 1.93 bits per heavy atom. The second-order valence-electron chi connectivity index (χ2n) is 10.8. The SMILES string of the molecule is C=C1/C=C\C=C/Cc2ccccc2N1c1ccc(-c2cccc(-c3cc(-c4ccccc4)nc(-c4ccccc4)n3)c2)cc1. The molecule has 44 heavy (non-hydrogen) atoms. The average molecular weight is 566 g/mol. The van der Waals surface area contributed by atoms with Crippen LogP contribution in [0.15, 0.2) is 176 Å². The summed E-state index contributed by atoms with van der Waals surface area (Å²) < 4.78 is 0. The third-order valence-corrected chi connectivity index (χ3v) is 7.84. The summed E-state index contributed by atoms with van der Waals surface area (Å²) in [5.74, 6) is 0.713. The van der Waals surface area contributed by atoms with Gasteiger partial charge in [0.2, 0.25) is 0 Å². The van der Waals surface area contributed by atoms with Crippen LogP contribution in [0.3, 0.4) is 0 Å². The van der Waals surface area contributed by atoms with Gasteiger partial charge in [0, 0.05) is 33.8 Å². The summed E-state index contributed by atoms with van der Waals surface area (Å²) in [6.45, 7) is 4.39. The quantitative estimate of drug-likeness (QED) is 0.208. The molecular formula is C41H31N3. The first-order valence-corrected chi connectivity index (χ1v) is 14.8. The van der Waals surface area contributed by atoms with E-state index in [1.54, 1.807) is 0 Å². The van der Waals surface area contributed by atoms with Gasteiger partial charge in [-0.3, -0.25) is 0 Å². The van der Waals surface area contributed by atoms with Crippen LogP contribution in [-0.2, 0) is 6.42 Å². The number of rotatable bonds is 5. The minimum absolute atomic E-state index is 0.713. The second-order valence-corrected chi connectivity index (χ2v) is 10.8. The third kappa shape index (κ3) is 5.64. The maximum atomic E-state index is 5.02. The Kier molecular flexibility index (Phi) is 7.51. The molecule has 3 nitrogen and oxygen atoms in total. The second kappa shape index (κ2) is 12.2. The number of para-hydroxylation sites is 1. The molecule has 0 bridgehead atoms. The van der Waals surface area contributed by atoms with Crippen LogP contribution in [0.4, 0.5) is 11.4 Å². The molecule has 3 heteroatoms. The Morgan fingerprint density at radius 1 is 0.523 bits per heavy atom. The molecule has 7 rings (SSSR count). The lowest BCUT2D eigenvalue weighted by molar-refractivity contribution is 1.16. The van der Waals surface area contributed by atoms with E-state index in [1.165, 1.54) is 5.56 Å². The molecule has 1 aliphatic rings. The van der Waals surface area contributed by atoms with E-state index in [9.17, 15) is 0 Å². The fraction of sp³-hybridized carbons (Fsp3) is 0.0244. The Labute approximate surface area is 258 Å². The molecule has 0 radical (unpaired) electrons. The molecule has 0 spiro atoms. The van der Waals surface area contributed by atoms with Gasteiger partial charge in [-0.25, -0.2) is 9.97 Å². The average Bonchev–Trinajstić information content (AvgIpc) is 3.17. The van der Waals surface area contributed by atoms with E-state index in [2.05, 4.69) is 139 Å². The number of fused-ring (bicyclic) bond motifs is 1. The van der Waals surface area contributed by atoms with Crippen molar-refractivity contribution in [1.82, 2.24) is 9.97 Å². The topological polar surface area (TPSA) is 29.0 Å². The van der Waals surface area contributed by atoms with Gasteiger partial charge in [0.05, 0.1) is 11.4 Å². The van der Waals surface area contributed by atoms with Crippen LogP contribution in [0.2, 0.25) is 0 Å². The predicted molar refractivity (Wildman–Crippen MR) is 183 cm³/mol. The molecule has 0 fully saturated rings. The highest BCUT2D eigenvalue weighted by molar-refractivity contribution is 5.78. The normalized spacial score (nSPS) is 14.2. The molecule has 0 N–H and O–H groups in total. The van der Waals surface area contributed by atoms with Gasteiger partial charge in [-0.1, -0.05) is 134 Å². The van der Waals surface area contributed by atoms with Gasteiger partial charge in [0.1, 0.15) is 0 Å². The zero-order valence-electron chi connectivity index (χ0n) is 24.3. The molecule has 0 aliphatic carbocycles. The summed E-state index contributed by atoms with van der Waals surface area (Å²) in [5.41, 5.74) is 11.6. The Balaban J connectivity index is 1.25. The summed E-state index contributed by atoms with van der Waals surface area (Å²) >= 11 is 0. The molecule has 1 aromatic heterocycles. The highest BCUT2D eigenvalue weighted by atomic mass is 15.1. The van der Waals surface area contributed by atoms with Gasteiger partial charge < -0.3 is 4.90 Å². The predicted octanol–water partition coefficient (Wildman–Crippen LogP) is 10.5. The molecule has 2 heterocycles. The summed E-state index contributed by atoms with van der Waals surface area (Å²) in [7, 11) is 0. The minimum atomic E-state index is 0.713. The highest BCUT2D eigenvalue weighted by Crippen LogP contribution is 2.36. The molecule has 0 saturated heterocycles. The van der Waals surface area contributed by atoms with Crippen molar-refractivity contribution >= 4 is 11.4 Å². The van der Waals surface area contributed by atoms with Crippen molar-refractivity contribution < 1.29 is 0 Å². The smallest absolute Gasteiger partial charge is 0.160 e. The Hall–Kier alpha value is -5.80. The van der Waals surface area contributed by atoms with Crippen molar-refractivity contribution in [3.05, 3.63) is 182 Å². The van der Waals surface area contributed by atoms with Gasteiger partial charge >= 0.3 is 0 Å². The molecule has 6 aromatic rings. The van der Waals surface area contributed by atoms with E-state index >= 15 is 0 Å². The monoisotopic (exact) mass is 565 g/mol. The first-order chi connectivity index (χ1) is 21.7. The number of allylic oxidation sites excluding steroid dienone is 4. The van der Waals surface area contributed by atoms with Gasteiger partial charge in [-0.2, -0.15) is 0 Å². The van der Waals surface area contributed by atoms with Crippen molar-refractivity contribution in [2.75, 3.05) is 4.90 Å². The van der Waals surface area contributed by atoms with Gasteiger partial charge in [0.25, 0.3) is 0 Å². The zero-order valence-corrected chi connectivity index (χ0v) is 24.3. The number of benzene rings is 5. The van der Waals surface area contributed by atoms with Crippen molar-refractivity contribution in [2.45, 2.75) is 6.42 Å². The van der Waals surface area contributed by atoms with E-state index in [0.717, 1.165) is 62.7 Å². The standard InChI is InChI=1S/C41H31N3/c1-30-14-5-2-8-17-33-18-11-12-23-40(33)44(30)37-26-24-31(25-27-37)35-21-13-22-36(28-35)39-29-38(32-15-6-3-7-16-32)42-41(43-39)34-19-9-4-10-20-34/h2-16,18-29H,1,17H2/b8-2-,14-5-. The van der Waals surface area contributed by atoms with Crippen molar-refractivity contribution in [3.63, 3.8) is 0 Å². The molecule has 0 saturated carbocycles. The van der Waals surface area contributed by atoms with E-state index in [1.807, 2.05) is 36.4 Å². The van der Waals surface area contributed by atoms with E-state index < -0.39 is 0 Å². The lowest BCUT2D eigenvalue weighted by atomic mass is 10.00. The fourth-order valence-corrected chi connectivity index (χ4v) is 5.61. The Bertz CT molecular complexity index is 1930. The number of hydrogen-bond donors (Lipinski definition) is 0. The van der Waals surface area contributed by atoms with Crippen LogP contribution in [0.25, 0.3) is 45.0 Å². The van der Waals surface area contributed by atoms with Crippen LogP contribution in [0.5, 0.6) is 0 Å². The van der Waals surface area contributed by atoms with Crippen molar-refractivity contribution in [3.8, 4) is 45.0 Å². The fourth-order valence-electron chi connectivity index (χ4n) is 5.61. The summed E-state index contributed by atoms with van der Waals surface area (Å²) in [6.07, 6.45) is 9.26. The van der Waals surface area contributed by atoms with Crippen molar-refractivity contribution in [2.24, 2.45) is 0 Å². The van der Waals surface area contributed by atoms with Crippen LogP contribution < -0.4 is 4.90 Å². The minimum Gasteiger partial charge on any atom is -0.311 e. The molecule has 210 valence electrons. The zero-order chi connectivity index (χ0) is 29.7. The Morgan fingerprint density at radius 2 is 1.16 bits per heavy atom. The largest absolute Gasteiger partial charge is 0.311 e. The summed E-state index contributed by atoms with van der Waals surface area (Å²) in [4.78, 5) is 12.2. The van der Waals surface area contributed by atoms with E-state index in [4.69, 9.17) is 9.97 Å². The third-order valence-electron chi connectivity index (χ3n) is 7.84. The van der Waals surface area contributed by atoms with Crippen LogP contribution >= 0.6 is 0 Å². The van der Waals surface area contributed by atoms with Gasteiger partial charge in [-0.05, 0) is 59.5 Å². The maximum absolute atomic E-state index is 5.02. The first kappa shape index (κ1) is 27.1. The van der Waals surface area contributed by atoms with E-state index in [0.29, 0.717) is 5.82 Å². The number of hydrogen-bond acceptors (Lipinski definition) is 3. The lowest BCUT2D eigenvalue weighted by Crippen LogP contribution is -2.15. The summed E-state index contributed by atoms with van der Waals surface area (Å²) in [5, 5.41) is 0. The highest BCUT2D eigenvalue weighted by Gasteiger charge is 2.16. The van der Waals surface area contributed by atoms with E-state index in [-0.39, 0.29) is 0 Å². The molecule has 5 aromatic carbocycles. The van der Waals surface area contributed by atoms with Crippen LogP contribution in [-0.4, -0.2) is 9.97 Å². The number of anilines is 2. The molecule has 0 atom stereocenters. The lowest BCUT2D eigenvalue weighted by Gasteiger charge is -2.27. The molecule has 0 amide bonds. The first-order valence-electron chi connectivity index (χ1n) is 14.8.